The lowest BCUT2D eigenvalue weighted by molar-refractivity contribution is 0.00769. The number of hydrogen-bond acceptors (Lipinski definition) is 5. The Labute approximate surface area is 177 Å². The molecule has 0 aliphatic carbocycles. The molecule has 2 aromatic rings. The van der Waals surface area contributed by atoms with Crippen LogP contribution in [-0.2, 0) is 29.8 Å². The Morgan fingerprint density at radius 3 is 1.86 bits per heavy atom. The van der Waals surface area contributed by atoms with Gasteiger partial charge in [0.2, 0.25) is 9.84 Å². The second-order valence-electron chi connectivity index (χ2n) is 8.21. The summed E-state index contributed by atoms with van der Waals surface area (Å²) < 4.78 is 49.7. The summed E-state index contributed by atoms with van der Waals surface area (Å²) >= 11 is -1.61. The number of rotatable bonds is 9. The summed E-state index contributed by atoms with van der Waals surface area (Å²) in [4.78, 5) is -0.579. The molecule has 29 heavy (non-hydrogen) atoms. The Morgan fingerprint density at radius 1 is 0.862 bits per heavy atom. The molecule has 0 amide bonds. The minimum atomic E-state index is -3.67. The maximum Gasteiger partial charge on any atom is 0.207 e. The van der Waals surface area contributed by atoms with Gasteiger partial charge in [-0.2, -0.15) is 0 Å². The minimum Gasteiger partial charge on any atom is -0.359 e. The molecule has 0 saturated carbocycles. The van der Waals surface area contributed by atoms with Crippen molar-refractivity contribution in [3.8, 4) is 0 Å². The molecule has 2 aromatic carbocycles. The van der Waals surface area contributed by atoms with Crippen LogP contribution in [0.5, 0.6) is 0 Å². The summed E-state index contributed by atoms with van der Waals surface area (Å²) in [6.45, 7) is 10.7. The zero-order valence-electron chi connectivity index (χ0n) is 17.9. The monoisotopic (exact) mass is 438 g/mol. The van der Waals surface area contributed by atoms with Gasteiger partial charge in [0.05, 0.1) is 22.0 Å². The molecular formula is C22H30O5S2. The van der Waals surface area contributed by atoms with Crippen molar-refractivity contribution in [3.05, 3.63) is 59.7 Å². The van der Waals surface area contributed by atoms with Gasteiger partial charge >= 0.3 is 0 Å². The van der Waals surface area contributed by atoms with Crippen molar-refractivity contribution in [2.45, 2.75) is 68.3 Å². The first-order valence-corrected chi connectivity index (χ1v) is 12.0. The fraction of sp³-hybridized carbons (Fsp3) is 0.455. The van der Waals surface area contributed by atoms with Gasteiger partial charge in [-0.05, 0) is 65.8 Å². The van der Waals surface area contributed by atoms with Crippen LogP contribution in [0.2, 0.25) is 0 Å². The van der Waals surface area contributed by atoms with Crippen LogP contribution in [0, 0.1) is 13.8 Å². The molecule has 0 saturated heterocycles. The number of sulfone groups is 1. The van der Waals surface area contributed by atoms with E-state index in [-0.39, 0.29) is 11.5 Å². The van der Waals surface area contributed by atoms with E-state index in [2.05, 4.69) is 0 Å². The van der Waals surface area contributed by atoms with Gasteiger partial charge in [0.25, 0.3) is 0 Å². The summed E-state index contributed by atoms with van der Waals surface area (Å²) in [7, 11) is -3.67. The van der Waals surface area contributed by atoms with Crippen LogP contribution in [0.25, 0.3) is 0 Å². The van der Waals surface area contributed by atoms with Crippen molar-refractivity contribution in [1.29, 1.82) is 0 Å². The molecule has 0 fully saturated rings. The van der Waals surface area contributed by atoms with Gasteiger partial charge in [-0.25, -0.2) is 12.6 Å². The van der Waals surface area contributed by atoms with Crippen molar-refractivity contribution in [2.75, 3.05) is 6.61 Å². The highest BCUT2D eigenvalue weighted by Crippen LogP contribution is 2.28. The number of aryl methyl sites for hydroxylation is 2. The van der Waals surface area contributed by atoms with Crippen molar-refractivity contribution in [2.24, 2.45) is 0 Å². The average molecular weight is 439 g/mol. The predicted molar refractivity (Wildman–Crippen MR) is 116 cm³/mol. The van der Waals surface area contributed by atoms with Gasteiger partial charge in [-0.3, -0.25) is 4.18 Å². The average Bonchev–Trinajstić information content (AvgIpc) is 2.61. The quantitative estimate of drug-likeness (QED) is 0.566. The molecule has 1 unspecified atom stereocenters. The van der Waals surface area contributed by atoms with Crippen LogP contribution < -0.4 is 0 Å². The highest BCUT2D eigenvalue weighted by molar-refractivity contribution is 7.92. The Balaban J connectivity index is 1.98. The molecule has 0 N–H and O–H groups in total. The molecule has 1 atom stereocenters. The molecule has 160 valence electrons. The molecular weight excluding hydrogens is 408 g/mol. The second kappa shape index (κ2) is 9.08. The summed E-state index contributed by atoms with van der Waals surface area (Å²) in [5.41, 5.74) is 1.32. The normalized spacial score (nSPS) is 14.0. The summed E-state index contributed by atoms with van der Waals surface area (Å²) in [5.74, 6) is 0. The fourth-order valence-corrected chi connectivity index (χ4v) is 4.81. The molecule has 2 rings (SSSR count). The lowest BCUT2D eigenvalue weighted by Crippen LogP contribution is -2.37. The van der Waals surface area contributed by atoms with Crippen LogP contribution in [0.3, 0.4) is 0 Å². The first kappa shape index (κ1) is 23.7. The molecule has 0 aliphatic rings. The van der Waals surface area contributed by atoms with Crippen LogP contribution in [-0.4, -0.2) is 29.8 Å². The summed E-state index contributed by atoms with van der Waals surface area (Å²) in [6.07, 6.45) is 0.386. The molecule has 0 aromatic heterocycles. The van der Waals surface area contributed by atoms with E-state index in [1.54, 1.807) is 50.2 Å². The third-order valence-electron chi connectivity index (χ3n) is 4.65. The third-order valence-corrected chi connectivity index (χ3v) is 8.21. The van der Waals surface area contributed by atoms with E-state index in [0.29, 0.717) is 11.3 Å². The van der Waals surface area contributed by atoms with Crippen LogP contribution in [0.15, 0.2) is 58.3 Å². The third kappa shape index (κ3) is 6.22. The smallest absolute Gasteiger partial charge is 0.207 e. The van der Waals surface area contributed by atoms with E-state index in [1.165, 1.54) is 0 Å². The summed E-state index contributed by atoms with van der Waals surface area (Å²) in [6, 6.07) is 14.0. The molecule has 0 radical (unpaired) electrons. The van der Waals surface area contributed by atoms with E-state index < -0.39 is 31.5 Å². The summed E-state index contributed by atoms with van der Waals surface area (Å²) in [5, 5.41) is 0. The highest BCUT2D eigenvalue weighted by atomic mass is 32.2. The van der Waals surface area contributed by atoms with E-state index in [4.69, 9.17) is 8.92 Å². The van der Waals surface area contributed by atoms with Gasteiger partial charge in [-0.1, -0.05) is 35.4 Å². The van der Waals surface area contributed by atoms with Crippen LogP contribution in [0.1, 0.15) is 45.2 Å². The maximum atomic E-state index is 12.9. The number of benzene rings is 2. The van der Waals surface area contributed by atoms with E-state index >= 15 is 0 Å². The molecule has 5 nitrogen and oxygen atoms in total. The first-order chi connectivity index (χ1) is 13.3. The van der Waals surface area contributed by atoms with E-state index in [9.17, 15) is 12.6 Å². The van der Waals surface area contributed by atoms with E-state index in [1.807, 2.05) is 39.8 Å². The zero-order valence-corrected chi connectivity index (χ0v) is 19.5. The first-order valence-electron chi connectivity index (χ1n) is 9.47. The van der Waals surface area contributed by atoms with E-state index in [0.717, 1.165) is 11.1 Å². The van der Waals surface area contributed by atoms with Crippen molar-refractivity contribution in [3.63, 3.8) is 0 Å². The maximum absolute atomic E-state index is 12.9. The van der Waals surface area contributed by atoms with Gasteiger partial charge in [0, 0.05) is 6.42 Å². The SMILES string of the molecule is Cc1ccc(S(=O)OC(C)(C)CCOC(C)(C)S(=O)(=O)c2ccc(C)cc2)cc1. The minimum absolute atomic E-state index is 0.149. The molecule has 7 heteroatoms. The molecule has 0 heterocycles. The Bertz CT molecular complexity index is 944. The lowest BCUT2D eigenvalue weighted by Gasteiger charge is -2.29. The zero-order chi connectivity index (χ0) is 21.9. The largest absolute Gasteiger partial charge is 0.359 e. The lowest BCUT2D eigenvalue weighted by atomic mass is 10.1. The van der Waals surface area contributed by atoms with Crippen molar-refractivity contribution in [1.82, 2.24) is 0 Å². The van der Waals surface area contributed by atoms with Gasteiger partial charge in [0.1, 0.15) is 0 Å². The number of hydrogen-bond donors (Lipinski definition) is 0. The Hall–Kier alpha value is -1.54. The predicted octanol–water partition coefficient (Wildman–Crippen LogP) is 4.74. The van der Waals surface area contributed by atoms with Crippen molar-refractivity contribution < 1.29 is 21.5 Å². The molecule has 0 aliphatic heterocycles. The van der Waals surface area contributed by atoms with Crippen LogP contribution in [0.4, 0.5) is 0 Å². The van der Waals surface area contributed by atoms with Crippen molar-refractivity contribution >= 4 is 20.9 Å². The van der Waals surface area contributed by atoms with Gasteiger partial charge in [0.15, 0.2) is 16.0 Å². The van der Waals surface area contributed by atoms with Gasteiger partial charge in [-0.15, -0.1) is 0 Å². The standard InChI is InChI=1S/C22H30O5S2/c1-17-7-11-19(12-8-17)28(23)27-21(3,4)15-16-26-22(5,6)29(24,25)20-13-9-18(2)10-14-20/h7-14H,15-16H2,1-6H3. The topological polar surface area (TPSA) is 69.7 Å². The Morgan fingerprint density at radius 2 is 1.34 bits per heavy atom. The molecule has 0 spiro atoms. The highest BCUT2D eigenvalue weighted by Gasteiger charge is 2.37. The number of ether oxygens (including phenoxy) is 1. The fourth-order valence-electron chi connectivity index (χ4n) is 2.57. The Kier molecular flexibility index (Phi) is 7.43. The van der Waals surface area contributed by atoms with Gasteiger partial charge < -0.3 is 4.74 Å². The second-order valence-corrected chi connectivity index (χ2v) is 11.8. The van der Waals surface area contributed by atoms with Crippen LogP contribution >= 0.6 is 0 Å². The molecule has 0 bridgehead atoms.